The Morgan fingerprint density at radius 3 is 2.72 bits per heavy atom. The third-order valence-corrected chi connectivity index (χ3v) is 4.24. The van der Waals surface area contributed by atoms with Crippen molar-refractivity contribution in [1.82, 2.24) is 30.1 Å². The highest BCUT2D eigenvalue weighted by Crippen LogP contribution is 2.17. The van der Waals surface area contributed by atoms with Gasteiger partial charge in [-0.05, 0) is 42.3 Å². The summed E-state index contributed by atoms with van der Waals surface area (Å²) in [6.07, 6.45) is 2.35. The molecule has 0 saturated heterocycles. The zero-order valence-electron chi connectivity index (χ0n) is 14.5. The van der Waals surface area contributed by atoms with Crippen LogP contribution in [-0.4, -0.2) is 37.2 Å². The van der Waals surface area contributed by atoms with Crippen LogP contribution >= 0.6 is 0 Å². The lowest BCUT2D eigenvalue weighted by Gasteiger charge is -2.10. The molecule has 0 atom stereocenters. The molecule has 7 heteroatoms. The van der Waals surface area contributed by atoms with Gasteiger partial charge in [0.25, 0.3) is 5.91 Å². The number of nitrogens with zero attached hydrogens (tertiary/aromatic N) is 5. The molecule has 25 heavy (non-hydrogen) atoms. The summed E-state index contributed by atoms with van der Waals surface area (Å²) in [4.78, 5) is 12.5. The maximum absolute atomic E-state index is 12.5. The fourth-order valence-corrected chi connectivity index (χ4v) is 2.86. The van der Waals surface area contributed by atoms with Crippen LogP contribution in [0.3, 0.4) is 0 Å². The summed E-state index contributed by atoms with van der Waals surface area (Å²) >= 11 is 0. The van der Waals surface area contributed by atoms with E-state index in [4.69, 9.17) is 0 Å². The molecule has 7 nitrogen and oxygen atoms in total. The second-order valence-electron chi connectivity index (χ2n) is 6.04. The summed E-state index contributed by atoms with van der Waals surface area (Å²) in [5.74, 6) is -0.0378. The molecule has 0 radical (unpaired) electrons. The first kappa shape index (κ1) is 16.9. The number of hydrogen-bond acceptors (Lipinski definition) is 4. The molecule has 3 aromatic rings. The van der Waals surface area contributed by atoms with Crippen molar-refractivity contribution in [1.29, 1.82) is 0 Å². The first-order valence-electron chi connectivity index (χ1n) is 8.35. The van der Waals surface area contributed by atoms with E-state index in [9.17, 15) is 4.79 Å². The third kappa shape index (κ3) is 4.12. The van der Waals surface area contributed by atoms with E-state index in [1.54, 1.807) is 11.0 Å². The van der Waals surface area contributed by atoms with Gasteiger partial charge < -0.3 is 9.88 Å². The van der Waals surface area contributed by atoms with Gasteiger partial charge in [0.15, 0.2) is 0 Å². The Balaban J connectivity index is 1.60. The Kier molecular flexibility index (Phi) is 5.23. The summed E-state index contributed by atoms with van der Waals surface area (Å²) in [5, 5.41) is 13.9. The van der Waals surface area contributed by atoms with Gasteiger partial charge in [-0.3, -0.25) is 4.79 Å². The van der Waals surface area contributed by atoms with Crippen LogP contribution in [0.4, 0.5) is 0 Å². The molecule has 0 spiro atoms. The van der Waals surface area contributed by atoms with Crippen molar-refractivity contribution in [3.05, 3.63) is 65.2 Å². The molecule has 0 unspecified atom stereocenters. The Bertz CT molecular complexity index is 823. The lowest BCUT2D eigenvalue weighted by atomic mass is 10.2. The molecular weight excluding hydrogens is 316 g/mol. The largest absolute Gasteiger partial charge is 0.352 e. The number of rotatable bonds is 7. The highest BCUT2D eigenvalue weighted by molar-refractivity contribution is 5.95. The summed E-state index contributed by atoms with van der Waals surface area (Å²) in [6.45, 7) is 6.06. The zero-order chi connectivity index (χ0) is 17.6. The average Bonchev–Trinajstić information content (AvgIpc) is 3.23. The van der Waals surface area contributed by atoms with Crippen LogP contribution in [0.1, 0.15) is 33.7 Å². The Hall–Kier alpha value is -2.96. The fourth-order valence-electron chi connectivity index (χ4n) is 2.86. The van der Waals surface area contributed by atoms with Crippen molar-refractivity contribution in [3.8, 4) is 0 Å². The molecule has 1 N–H and O–H groups in total. The minimum Gasteiger partial charge on any atom is -0.352 e. The normalized spacial score (nSPS) is 10.8. The molecule has 1 amide bonds. The Morgan fingerprint density at radius 2 is 2.00 bits per heavy atom. The zero-order valence-corrected chi connectivity index (χ0v) is 14.5. The molecule has 0 bridgehead atoms. The van der Waals surface area contributed by atoms with Gasteiger partial charge in [-0.1, -0.05) is 30.3 Å². The number of carbonyl (C=O) groups is 1. The van der Waals surface area contributed by atoms with Gasteiger partial charge in [-0.2, -0.15) is 0 Å². The van der Waals surface area contributed by atoms with E-state index >= 15 is 0 Å². The number of tetrazole rings is 1. The van der Waals surface area contributed by atoms with Crippen LogP contribution in [-0.2, 0) is 13.1 Å². The van der Waals surface area contributed by atoms with E-state index in [0.717, 1.165) is 29.9 Å². The van der Waals surface area contributed by atoms with Gasteiger partial charge in [0.05, 0.1) is 5.56 Å². The van der Waals surface area contributed by atoms with Crippen LogP contribution in [0, 0.1) is 13.8 Å². The van der Waals surface area contributed by atoms with E-state index in [0.29, 0.717) is 13.1 Å². The van der Waals surface area contributed by atoms with Gasteiger partial charge >= 0.3 is 0 Å². The van der Waals surface area contributed by atoms with Gasteiger partial charge in [-0.15, -0.1) is 5.10 Å². The predicted octanol–water partition coefficient (Wildman–Crippen LogP) is 1.96. The maximum atomic E-state index is 12.5. The number of hydrogen-bond donors (Lipinski definition) is 1. The summed E-state index contributed by atoms with van der Waals surface area (Å²) in [5.41, 5.74) is 4.02. The molecule has 0 aliphatic rings. The van der Waals surface area contributed by atoms with Crippen LogP contribution in [0.15, 0.2) is 42.7 Å². The first-order valence-corrected chi connectivity index (χ1v) is 8.35. The first-order chi connectivity index (χ1) is 12.1. The molecule has 130 valence electrons. The van der Waals surface area contributed by atoms with Gasteiger partial charge in [-0.25, -0.2) is 4.68 Å². The number of carbonyl (C=O) groups excluding carboxylic acids is 1. The summed E-state index contributed by atoms with van der Waals surface area (Å²) in [7, 11) is 0. The van der Waals surface area contributed by atoms with E-state index < -0.39 is 0 Å². The highest BCUT2D eigenvalue weighted by atomic mass is 16.1. The predicted molar refractivity (Wildman–Crippen MR) is 94.2 cm³/mol. The second-order valence-corrected chi connectivity index (χ2v) is 6.04. The van der Waals surface area contributed by atoms with Gasteiger partial charge in [0.1, 0.15) is 6.33 Å². The molecule has 3 rings (SSSR count). The van der Waals surface area contributed by atoms with Gasteiger partial charge in [0.2, 0.25) is 0 Å². The number of aryl methyl sites for hydroxylation is 2. The Labute approximate surface area is 146 Å². The van der Waals surface area contributed by atoms with E-state index in [2.05, 4.69) is 37.5 Å². The number of amides is 1. The standard InChI is InChI=1S/C18H22N6O/c1-14-11-17(15(2)24(14)12-16-7-4-3-5-8-16)18(25)19-9-6-10-23-13-20-21-22-23/h3-5,7-8,11,13H,6,9-10,12H2,1-2H3,(H,19,25). The highest BCUT2D eigenvalue weighted by Gasteiger charge is 2.15. The SMILES string of the molecule is Cc1cc(C(=O)NCCCn2cnnn2)c(C)n1Cc1ccccc1. The molecule has 1 aromatic carbocycles. The second kappa shape index (κ2) is 7.74. The summed E-state index contributed by atoms with van der Waals surface area (Å²) < 4.78 is 3.82. The summed E-state index contributed by atoms with van der Waals surface area (Å²) in [6, 6.07) is 12.2. The number of benzene rings is 1. The number of nitrogens with one attached hydrogen (secondary N) is 1. The quantitative estimate of drug-likeness (QED) is 0.668. The van der Waals surface area contributed by atoms with E-state index in [1.807, 2.05) is 38.1 Å². The lowest BCUT2D eigenvalue weighted by molar-refractivity contribution is 0.0952. The molecule has 2 heterocycles. The number of aromatic nitrogens is 5. The van der Waals surface area contributed by atoms with Crippen LogP contribution in [0.2, 0.25) is 0 Å². The van der Waals surface area contributed by atoms with Crippen molar-refractivity contribution in [2.45, 2.75) is 33.4 Å². The van der Waals surface area contributed by atoms with E-state index in [-0.39, 0.29) is 5.91 Å². The molecule has 0 saturated carbocycles. The third-order valence-electron chi connectivity index (χ3n) is 4.24. The molecular formula is C18H22N6O. The van der Waals surface area contributed by atoms with Crippen LogP contribution < -0.4 is 5.32 Å². The van der Waals surface area contributed by atoms with Crippen molar-refractivity contribution in [2.24, 2.45) is 0 Å². The van der Waals surface area contributed by atoms with Crippen molar-refractivity contribution >= 4 is 5.91 Å². The molecule has 0 fully saturated rings. The van der Waals surface area contributed by atoms with Crippen LogP contribution in [0.5, 0.6) is 0 Å². The smallest absolute Gasteiger partial charge is 0.253 e. The maximum Gasteiger partial charge on any atom is 0.253 e. The van der Waals surface area contributed by atoms with Crippen molar-refractivity contribution < 1.29 is 4.79 Å². The van der Waals surface area contributed by atoms with E-state index in [1.165, 1.54) is 5.56 Å². The minimum absolute atomic E-state index is 0.0378. The van der Waals surface area contributed by atoms with Crippen molar-refractivity contribution in [3.63, 3.8) is 0 Å². The monoisotopic (exact) mass is 338 g/mol. The topological polar surface area (TPSA) is 77.6 Å². The lowest BCUT2D eigenvalue weighted by Crippen LogP contribution is -2.25. The van der Waals surface area contributed by atoms with Gasteiger partial charge in [0, 0.05) is 31.0 Å². The Morgan fingerprint density at radius 1 is 1.20 bits per heavy atom. The fraction of sp³-hybridized carbons (Fsp3) is 0.333. The molecule has 0 aliphatic heterocycles. The molecule has 0 aliphatic carbocycles. The van der Waals surface area contributed by atoms with Crippen molar-refractivity contribution in [2.75, 3.05) is 6.54 Å². The van der Waals surface area contributed by atoms with Crippen LogP contribution in [0.25, 0.3) is 0 Å². The molecule has 2 aromatic heterocycles. The average molecular weight is 338 g/mol. The minimum atomic E-state index is -0.0378.